The molecule has 0 unspecified atom stereocenters. The number of hydrogen-bond donors (Lipinski definition) is 1. The normalized spacial score (nSPS) is 17.7. The highest BCUT2D eigenvalue weighted by Crippen LogP contribution is 2.39. The number of methoxy groups -OCH3 is 1. The topological polar surface area (TPSA) is 84.9 Å². The van der Waals surface area contributed by atoms with E-state index in [1.807, 2.05) is 56.3 Å². The van der Waals surface area contributed by atoms with Crippen LogP contribution in [0.2, 0.25) is 0 Å². The molecule has 2 atom stereocenters. The SMILES string of the molecule is CCCCN1C(=O)C[C@H](C(=O)OCC(=O)Nc2ccc(C)c(C)c2)[C@@H]1c1ccc(OC)cc1. The third-order valence-electron chi connectivity index (χ3n) is 6.08. The van der Waals surface area contributed by atoms with Gasteiger partial charge in [0.05, 0.1) is 19.1 Å². The zero-order valence-electron chi connectivity index (χ0n) is 19.7. The average Bonchev–Trinajstić information content (AvgIpc) is 3.14. The molecule has 1 aliphatic rings. The van der Waals surface area contributed by atoms with Crippen molar-refractivity contribution in [3.05, 3.63) is 59.2 Å². The fourth-order valence-electron chi connectivity index (χ4n) is 4.07. The van der Waals surface area contributed by atoms with Crippen LogP contribution in [0, 0.1) is 19.8 Å². The van der Waals surface area contributed by atoms with Gasteiger partial charge in [-0.2, -0.15) is 0 Å². The standard InChI is InChI=1S/C26H32N2O5/c1-5-6-13-28-24(30)15-22(25(28)19-8-11-21(32-4)12-9-19)26(31)33-16-23(29)27-20-10-7-17(2)18(3)14-20/h7-12,14,22,25H,5-6,13,15-16H2,1-4H3,(H,27,29)/t22-,25-/m0/s1. The van der Waals surface area contributed by atoms with Gasteiger partial charge in [-0.05, 0) is 61.2 Å². The molecule has 33 heavy (non-hydrogen) atoms. The molecule has 0 aliphatic carbocycles. The summed E-state index contributed by atoms with van der Waals surface area (Å²) in [6, 6.07) is 12.5. The zero-order chi connectivity index (χ0) is 24.0. The number of likely N-dealkylation sites (tertiary alicyclic amines) is 1. The molecule has 1 aliphatic heterocycles. The Labute approximate surface area is 195 Å². The van der Waals surface area contributed by atoms with E-state index in [2.05, 4.69) is 12.2 Å². The van der Waals surface area contributed by atoms with Crippen molar-refractivity contribution in [3.63, 3.8) is 0 Å². The first-order valence-corrected chi connectivity index (χ1v) is 11.3. The number of nitrogens with zero attached hydrogens (tertiary/aromatic N) is 1. The molecule has 0 radical (unpaired) electrons. The van der Waals surface area contributed by atoms with Crippen molar-refractivity contribution < 1.29 is 23.9 Å². The van der Waals surface area contributed by atoms with Crippen LogP contribution >= 0.6 is 0 Å². The summed E-state index contributed by atoms with van der Waals surface area (Å²) < 4.78 is 10.6. The number of ether oxygens (including phenoxy) is 2. The second kappa shape index (κ2) is 11.0. The van der Waals surface area contributed by atoms with Crippen molar-refractivity contribution in [1.29, 1.82) is 0 Å². The van der Waals surface area contributed by atoms with Gasteiger partial charge in [0.1, 0.15) is 5.75 Å². The Morgan fingerprint density at radius 1 is 1.09 bits per heavy atom. The molecular weight excluding hydrogens is 420 g/mol. The van der Waals surface area contributed by atoms with Crippen LogP contribution in [-0.4, -0.2) is 42.9 Å². The number of nitrogens with one attached hydrogen (secondary N) is 1. The maximum absolute atomic E-state index is 13.0. The van der Waals surface area contributed by atoms with Gasteiger partial charge in [0.25, 0.3) is 5.91 Å². The summed E-state index contributed by atoms with van der Waals surface area (Å²) >= 11 is 0. The minimum atomic E-state index is -0.669. The van der Waals surface area contributed by atoms with Crippen LogP contribution in [0.4, 0.5) is 5.69 Å². The molecule has 1 fully saturated rings. The molecule has 0 spiro atoms. The molecule has 2 aromatic carbocycles. The second-order valence-corrected chi connectivity index (χ2v) is 8.42. The highest BCUT2D eigenvalue weighted by molar-refractivity contribution is 5.94. The number of hydrogen-bond acceptors (Lipinski definition) is 5. The van der Waals surface area contributed by atoms with Crippen molar-refractivity contribution in [2.45, 2.75) is 46.1 Å². The Morgan fingerprint density at radius 3 is 2.45 bits per heavy atom. The van der Waals surface area contributed by atoms with E-state index in [1.165, 1.54) is 0 Å². The van der Waals surface area contributed by atoms with Crippen molar-refractivity contribution in [1.82, 2.24) is 4.90 Å². The zero-order valence-corrected chi connectivity index (χ0v) is 19.7. The molecule has 176 valence electrons. The van der Waals surface area contributed by atoms with E-state index in [0.717, 1.165) is 29.5 Å². The van der Waals surface area contributed by atoms with Gasteiger partial charge in [0, 0.05) is 18.7 Å². The minimum absolute atomic E-state index is 0.0675. The quantitative estimate of drug-likeness (QED) is 0.577. The van der Waals surface area contributed by atoms with Crippen LogP contribution in [-0.2, 0) is 19.1 Å². The fourth-order valence-corrected chi connectivity index (χ4v) is 4.07. The summed E-state index contributed by atoms with van der Waals surface area (Å²) in [6.07, 6.45) is 1.85. The van der Waals surface area contributed by atoms with Gasteiger partial charge in [-0.3, -0.25) is 14.4 Å². The lowest BCUT2D eigenvalue weighted by Crippen LogP contribution is -2.32. The predicted octanol–water partition coefficient (Wildman–Crippen LogP) is 4.18. The molecule has 1 heterocycles. The lowest BCUT2D eigenvalue weighted by atomic mass is 9.93. The molecule has 2 aromatic rings. The number of carbonyl (C=O) groups excluding carboxylic acids is 3. The third-order valence-corrected chi connectivity index (χ3v) is 6.08. The number of unbranched alkanes of at least 4 members (excludes halogenated alkanes) is 1. The maximum atomic E-state index is 13.0. The second-order valence-electron chi connectivity index (χ2n) is 8.42. The molecule has 1 N–H and O–H groups in total. The van der Waals surface area contributed by atoms with Gasteiger partial charge in [-0.15, -0.1) is 0 Å². The molecule has 3 rings (SSSR count). The van der Waals surface area contributed by atoms with E-state index < -0.39 is 30.4 Å². The van der Waals surface area contributed by atoms with Gasteiger partial charge in [0.15, 0.2) is 6.61 Å². The van der Waals surface area contributed by atoms with Crippen LogP contribution in [0.15, 0.2) is 42.5 Å². The van der Waals surface area contributed by atoms with E-state index in [-0.39, 0.29) is 12.3 Å². The van der Waals surface area contributed by atoms with Crippen LogP contribution in [0.1, 0.15) is 48.9 Å². The summed E-state index contributed by atoms with van der Waals surface area (Å²) in [6.45, 7) is 6.19. The molecule has 7 nitrogen and oxygen atoms in total. The minimum Gasteiger partial charge on any atom is -0.497 e. The summed E-state index contributed by atoms with van der Waals surface area (Å²) in [5.41, 5.74) is 3.68. The summed E-state index contributed by atoms with van der Waals surface area (Å²) in [5.74, 6) is -1.01. The summed E-state index contributed by atoms with van der Waals surface area (Å²) in [7, 11) is 1.59. The third kappa shape index (κ3) is 5.92. The van der Waals surface area contributed by atoms with Crippen molar-refractivity contribution in [2.24, 2.45) is 5.92 Å². The number of rotatable bonds is 9. The summed E-state index contributed by atoms with van der Waals surface area (Å²) in [4.78, 5) is 39.8. The van der Waals surface area contributed by atoms with Crippen LogP contribution < -0.4 is 10.1 Å². The molecule has 1 saturated heterocycles. The van der Waals surface area contributed by atoms with Gasteiger partial charge in [0.2, 0.25) is 5.91 Å². The van der Waals surface area contributed by atoms with Crippen molar-refractivity contribution >= 4 is 23.5 Å². The first-order chi connectivity index (χ1) is 15.8. The van der Waals surface area contributed by atoms with Crippen molar-refractivity contribution in [3.8, 4) is 5.75 Å². The first kappa shape index (κ1) is 24.3. The van der Waals surface area contributed by atoms with E-state index in [4.69, 9.17) is 9.47 Å². The summed E-state index contributed by atoms with van der Waals surface area (Å²) in [5, 5.41) is 2.75. The molecule has 0 saturated carbocycles. The maximum Gasteiger partial charge on any atom is 0.312 e. The van der Waals surface area contributed by atoms with Crippen LogP contribution in [0.25, 0.3) is 0 Å². The molecular formula is C26H32N2O5. The van der Waals surface area contributed by atoms with E-state index in [1.54, 1.807) is 12.0 Å². The molecule has 0 aromatic heterocycles. The van der Waals surface area contributed by atoms with Gasteiger partial charge in [-0.25, -0.2) is 0 Å². The highest BCUT2D eigenvalue weighted by Gasteiger charge is 2.45. The fraction of sp³-hybridized carbons (Fsp3) is 0.423. The van der Waals surface area contributed by atoms with Crippen LogP contribution in [0.5, 0.6) is 5.75 Å². The average molecular weight is 453 g/mol. The Balaban J connectivity index is 1.69. The molecule has 0 bridgehead atoms. The Bertz CT molecular complexity index is 1000. The Morgan fingerprint density at radius 2 is 1.82 bits per heavy atom. The molecule has 7 heteroatoms. The monoisotopic (exact) mass is 452 g/mol. The Kier molecular flexibility index (Phi) is 8.09. The van der Waals surface area contributed by atoms with Gasteiger partial charge >= 0.3 is 5.97 Å². The van der Waals surface area contributed by atoms with E-state index in [0.29, 0.717) is 18.0 Å². The lowest BCUT2D eigenvalue weighted by molar-refractivity contribution is -0.152. The van der Waals surface area contributed by atoms with Crippen molar-refractivity contribution in [2.75, 3.05) is 25.6 Å². The van der Waals surface area contributed by atoms with Gasteiger partial charge < -0.3 is 19.7 Å². The highest BCUT2D eigenvalue weighted by atomic mass is 16.5. The number of carbonyl (C=O) groups is 3. The largest absolute Gasteiger partial charge is 0.497 e. The smallest absolute Gasteiger partial charge is 0.312 e. The lowest BCUT2D eigenvalue weighted by Gasteiger charge is -2.28. The van der Waals surface area contributed by atoms with E-state index in [9.17, 15) is 14.4 Å². The first-order valence-electron chi connectivity index (χ1n) is 11.3. The molecule has 2 amide bonds. The van der Waals surface area contributed by atoms with Gasteiger partial charge in [-0.1, -0.05) is 31.5 Å². The number of aryl methyl sites for hydroxylation is 2. The predicted molar refractivity (Wildman–Crippen MR) is 126 cm³/mol. The van der Waals surface area contributed by atoms with Crippen LogP contribution in [0.3, 0.4) is 0 Å². The number of esters is 1. The van der Waals surface area contributed by atoms with E-state index >= 15 is 0 Å². The number of amides is 2. The number of anilines is 1. The Hall–Kier alpha value is -3.35. The number of benzene rings is 2.